The van der Waals surface area contributed by atoms with E-state index in [1.165, 1.54) is 0 Å². The van der Waals surface area contributed by atoms with Gasteiger partial charge in [-0.25, -0.2) is 0 Å². The Kier molecular flexibility index (Phi) is 6.56. The number of carbonyl (C=O) groups is 3. The molecule has 1 aromatic rings. The van der Waals surface area contributed by atoms with Gasteiger partial charge in [-0.1, -0.05) is 18.9 Å². The molecule has 0 spiro atoms. The van der Waals surface area contributed by atoms with E-state index in [0.717, 1.165) is 12.8 Å². The summed E-state index contributed by atoms with van der Waals surface area (Å²) in [4.78, 5) is 38.1. The topological polar surface area (TPSA) is 86.7 Å². The highest BCUT2D eigenvalue weighted by molar-refractivity contribution is 5.98. The van der Waals surface area contributed by atoms with Gasteiger partial charge in [-0.2, -0.15) is 0 Å². The first kappa shape index (κ1) is 19.0. The molecule has 0 aromatic heterocycles. The van der Waals surface area contributed by atoms with Gasteiger partial charge in [-0.3, -0.25) is 14.4 Å². The monoisotopic (exact) mass is 346 g/mol. The Hall–Kier alpha value is -2.37. The second-order valence-electron chi connectivity index (χ2n) is 6.38. The molecule has 1 saturated carbocycles. The number of anilines is 1. The molecule has 6 heteroatoms. The van der Waals surface area contributed by atoms with E-state index >= 15 is 0 Å². The van der Waals surface area contributed by atoms with Gasteiger partial charge >= 0.3 is 5.97 Å². The van der Waals surface area contributed by atoms with Crippen LogP contribution in [0.25, 0.3) is 0 Å². The zero-order chi connectivity index (χ0) is 18.4. The largest absolute Gasteiger partial charge is 0.481 e. The maximum Gasteiger partial charge on any atom is 0.307 e. The summed E-state index contributed by atoms with van der Waals surface area (Å²) < 4.78 is 0. The highest BCUT2D eigenvalue weighted by Gasteiger charge is 2.35. The molecule has 2 amide bonds. The van der Waals surface area contributed by atoms with Crippen LogP contribution in [0.2, 0.25) is 0 Å². The van der Waals surface area contributed by atoms with Crippen molar-refractivity contribution in [2.75, 3.05) is 18.4 Å². The molecule has 1 aliphatic rings. The average molecular weight is 346 g/mol. The van der Waals surface area contributed by atoms with E-state index < -0.39 is 17.8 Å². The summed E-state index contributed by atoms with van der Waals surface area (Å²) in [5, 5.41) is 12.1. The van der Waals surface area contributed by atoms with Crippen LogP contribution in [0.15, 0.2) is 24.3 Å². The number of hydrogen-bond donors (Lipinski definition) is 2. The maximum absolute atomic E-state index is 12.5. The lowest BCUT2D eigenvalue weighted by atomic mass is 9.78. The molecule has 0 saturated heterocycles. The fourth-order valence-electron chi connectivity index (χ4n) is 3.40. The molecule has 1 aromatic carbocycles. The predicted molar refractivity (Wildman–Crippen MR) is 95.4 cm³/mol. The van der Waals surface area contributed by atoms with Crippen molar-refractivity contribution in [3.05, 3.63) is 29.8 Å². The molecule has 0 aliphatic heterocycles. The summed E-state index contributed by atoms with van der Waals surface area (Å²) in [6.07, 6.45) is 2.83. The maximum atomic E-state index is 12.5. The number of nitrogens with zero attached hydrogens (tertiary/aromatic N) is 1. The minimum atomic E-state index is -0.912. The molecule has 6 nitrogen and oxygen atoms in total. The van der Waals surface area contributed by atoms with E-state index in [-0.39, 0.29) is 11.8 Å². The first-order valence-corrected chi connectivity index (χ1v) is 8.90. The summed E-state index contributed by atoms with van der Waals surface area (Å²) in [5.74, 6) is -2.42. The normalized spacial score (nSPS) is 19.9. The number of hydrogen-bond acceptors (Lipinski definition) is 3. The van der Waals surface area contributed by atoms with Crippen LogP contribution in [-0.2, 0) is 9.59 Å². The molecule has 0 heterocycles. The molecule has 136 valence electrons. The van der Waals surface area contributed by atoms with E-state index in [2.05, 4.69) is 5.32 Å². The lowest BCUT2D eigenvalue weighted by Gasteiger charge is -2.27. The zero-order valence-electron chi connectivity index (χ0n) is 14.8. The smallest absolute Gasteiger partial charge is 0.307 e. The summed E-state index contributed by atoms with van der Waals surface area (Å²) in [5.41, 5.74) is 1.04. The summed E-state index contributed by atoms with van der Waals surface area (Å²) in [7, 11) is 0. The molecule has 1 fully saturated rings. The number of nitrogens with one attached hydrogen (secondary N) is 1. The average Bonchev–Trinajstić information content (AvgIpc) is 2.62. The predicted octanol–water partition coefficient (Wildman–Crippen LogP) is 3.00. The molecule has 2 unspecified atom stereocenters. The molecule has 2 rings (SSSR count). The van der Waals surface area contributed by atoms with Gasteiger partial charge in [-0.15, -0.1) is 0 Å². The SMILES string of the molecule is CCN(CC)C(=O)c1cccc(NC(=O)C2CCCCC2C(=O)O)c1. The number of aliphatic carboxylic acids is 1. The lowest BCUT2D eigenvalue weighted by Crippen LogP contribution is -2.36. The number of rotatable bonds is 6. The lowest BCUT2D eigenvalue weighted by molar-refractivity contribution is -0.147. The van der Waals surface area contributed by atoms with Crippen LogP contribution >= 0.6 is 0 Å². The van der Waals surface area contributed by atoms with Gasteiger partial charge in [0, 0.05) is 24.3 Å². The molecule has 1 aliphatic carbocycles. The van der Waals surface area contributed by atoms with E-state index in [0.29, 0.717) is 37.2 Å². The second-order valence-corrected chi connectivity index (χ2v) is 6.38. The van der Waals surface area contributed by atoms with Crippen molar-refractivity contribution in [1.82, 2.24) is 4.90 Å². The molecule has 2 N–H and O–H groups in total. The quantitative estimate of drug-likeness (QED) is 0.829. The summed E-state index contributed by atoms with van der Waals surface area (Å²) in [6.45, 7) is 5.08. The van der Waals surface area contributed by atoms with Crippen LogP contribution in [0.4, 0.5) is 5.69 Å². The zero-order valence-corrected chi connectivity index (χ0v) is 14.8. The van der Waals surface area contributed by atoms with E-state index in [4.69, 9.17) is 0 Å². The van der Waals surface area contributed by atoms with E-state index in [9.17, 15) is 19.5 Å². The van der Waals surface area contributed by atoms with Crippen LogP contribution < -0.4 is 5.32 Å². The third-order valence-electron chi connectivity index (χ3n) is 4.85. The molecule has 0 radical (unpaired) electrons. The van der Waals surface area contributed by atoms with Crippen LogP contribution in [0.3, 0.4) is 0 Å². The fraction of sp³-hybridized carbons (Fsp3) is 0.526. The first-order valence-electron chi connectivity index (χ1n) is 8.90. The van der Waals surface area contributed by atoms with Crippen molar-refractivity contribution >= 4 is 23.5 Å². The highest BCUT2D eigenvalue weighted by atomic mass is 16.4. The van der Waals surface area contributed by atoms with Crippen molar-refractivity contribution in [2.45, 2.75) is 39.5 Å². The van der Waals surface area contributed by atoms with E-state index in [1.54, 1.807) is 29.2 Å². The third-order valence-corrected chi connectivity index (χ3v) is 4.85. The van der Waals surface area contributed by atoms with E-state index in [1.807, 2.05) is 13.8 Å². The minimum absolute atomic E-state index is 0.0813. The van der Waals surface area contributed by atoms with Crippen molar-refractivity contribution < 1.29 is 19.5 Å². The van der Waals surface area contributed by atoms with Crippen LogP contribution in [0, 0.1) is 11.8 Å². The van der Waals surface area contributed by atoms with Crippen LogP contribution in [-0.4, -0.2) is 40.9 Å². The standard InChI is InChI=1S/C19H26N2O4/c1-3-21(4-2)18(23)13-8-7-9-14(12-13)20-17(22)15-10-5-6-11-16(15)19(24)25/h7-9,12,15-16H,3-6,10-11H2,1-2H3,(H,20,22)(H,24,25). The Labute approximate surface area is 148 Å². The summed E-state index contributed by atoms with van der Waals surface area (Å²) >= 11 is 0. The third kappa shape index (κ3) is 4.59. The van der Waals surface area contributed by atoms with Gasteiger partial charge in [0.05, 0.1) is 11.8 Å². The van der Waals surface area contributed by atoms with Crippen molar-refractivity contribution in [3.63, 3.8) is 0 Å². The van der Waals surface area contributed by atoms with Crippen molar-refractivity contribution in [2.24, 2.45) is 11.8 Å². The Bertz CT molecular complexity index is 640. The first-order chi connectivity index (χ1) is 12.0. The number of carboxylic acid groups (broad SMARTS) is 1. The van der Waals surface area contributed by atoms with Gasteiger partial charge < -0.3 is 15.3 Å². The number of carbonyl (C=O) groups excluding carboxylic acids is 2. The van der Waals surface area contributed by atoms with Gasteiger partial charge in [0.2, 0.25) is 5.91 Å². The molecule has 0 bridgehead atoms. The number of amides is 2. The Morgan fingerprint density at radius 1 is 1.12 bits per heavy atom. The second kappa shape index (κ2) is 8.65. The fourth-order valence-corrected chi connectivity index (χ4v) is 3.40. The number of benzene rings is 1. The van der Waals surface area contributed by atoms with Gasteiger partial charge in [-0.05, 0) is 44.9 Å². The molecular weight excluding hydrogens is 320 g/mol. The van der Waals surface area contributed by atoms with Crippen molar-refractivity contribution in [3.8, 4) is 0 Å². The van der Waals surface area contributed by atoms with Crippen molar-refractivity contribution in [1.29, 1.82) is 0 Å². The van der Waals surface area contributed by atoms with Gasteiger partial charge in [0.15, 0.2) is 0 Å². The molecule has 2 atom stereocenters. The highest BCUT2D eigenvalue weighted by Crippen LogP contribution is 2.31. The van der Waals surface area contributed by atoms with Crippen LogP contribution in [0.5, 0.6) is 0 Å². The summed E-state index contributed by atoms with van der Waals surface area (Å²) in [6, 6.07) is 6.81. The Balaban J connectivity index is 2.12. The van der Waals surface area contributed by atoms with Gasteiger partial charge in [0.25, 0.3) is 5.91 Å². The molecular formula is C19H26N2O4. The van der Waals surface area contributed by atoms with Gasteiger partial charge in [0.1, 0.15) is 0 Å². The molecule has 25 heavy (non-hydrogen) atoms. The Morgan fingerprint density at radius 3 is 2.36 bits per heavy atom. The van der Waals surface area contributed by atoms with Crippen LogP contribution in [0.1, 0.15) is 49.9 Å². The minimum Gasteiger partial charge on any atom is -0.481 e. The Morgan fingerprint density at radius 2 is 1.76 bits per heavy atom. The number of carboxylic acids is 1.